The summed E-state index contributed by atoms with van der Waals surface area (Å²) < 4.78 is 13.2. The molecule has 1 aliphatic heterocycles. The van der Waals surface area contributed by atoms with E-state index in [0.29, 0.717) is 18.2 Å². The SMILES string of the molecule is CCN1CCCC1CNC(=O)c1ccc(F)c(C#N)c1. The first-order valence-corrected chi connectivity index (χ1v) is 6.87. The van der Waals surface area contributed by atoms with Gasteiger partial charge in [-0.1, -0.05) is 6.92 Å². The van der Waals surface area contributed by atoms with Crippen molar-refractivity contribution in [3.8, 4) is 6.07 Å². The normalized spacial score (nSPS) is 18.8. The molecule has 5 heteroatoms. The highest BCUT2D eigenvalue weighted by atomic mass is 19.1. The van der Waals surface area contributed by atoms with Gasteiger partial charge < -0.3 is 5.32 Å². The Kier molecular flexibility index (Phi) is 4.70. The summed E-state index contributed by atoms with van der Waals surface area (Å²) in [5, 5.41) is 11.6. The summed E-state index contributed by atoms with van der Waals surface area (Å²) in [5.41, 5.74) is 0.220. The van der Waals surface area contributed by atoms with E-state index in [1.807, 2.05) is 0 Å². The van der Waals surface area contributed by atoms with E-state index in [-0.39, 0.29) is 11.5 Å². The van der Waals surface area contributed by atoms with Gasteiger partial charge in [0.1, 0.15) is 11.9 Å². The van der Waals surface area contributed by atoms with E-state index < -0.39 is 5.82 Å². The Morgan fingerprint density at radius 2 is 2.40 bits per heavy atom. The molecule has 1 N–H and O–H groups in total. The van der Waals surface area contributed by atoms with Gasteiger partial charge in [0.25, 0.3) is 5.91 Å². The summed E-state index contributed by atoms with van der Waals surface area (Å²) in [6, 6.07) is 5.96. The van der Waals surface area contributed by atoms with Crippen molar-refractivity contribution in [3.05, 3.63) is 35.1 Å². The van der Waals surface area contributed by atoms with Crippen LogP contribution < -0.4 is 5.32 Å². The molecule has 1 unspecified atom stereocenters. The van der Waals surface area contributed by atoms with Crippen molar-refractivity contribution in [1.82, 2.24) is 10.2 Å². The van der Waals surface area contributed by atoms with Crippen LogP contribution in [0.1, 0.15) is 35.7 Å². The van der Waals surface area contributed by atoms with Crippen LogP contribution >= 0.6 is 0 Å². The van der Waals surface area contributed by atoms with Crippen LogP contribution in [0.2, 0.25) is 0 Å². The Hall–Kier alpha value is -1.93. The van der Waals surface area contributed by atoms with E-state index in [2.05, 4.69) is 17.1 Å². The molecule has 0 spiro atoms. The molecule has 0 saturated carbocycles. The third-order valence-electron chi connectivity index (χ3n) is 3.75. The van der Waals surface area contributed by atoms with Crippen LogP contribution in [0, 0.1) is 17.1 Å². The Morgan fingerprint density at radius 3 is 3.10 bits per heavy atom. The number of carbonyl (C=O) groups excluding carboxylic acids is 1. The molecule has 4 nitrogen and oxygen atoms in total. The van der Waals surface area contributed by atoms with E-state index in [1.165, 1.54) is 12.1 Å². The molecular weight excluding hydrogens is 257 g/mol. The number of nitrogens with one attached hydrogen (secondary N) is 1. The van der Waals surface area contributed by atoms with Crippen molar-refractivity contribution >= 4 is 5.91 Å². The fraction of sp³-hybridized carbons (Fsp3) is 0.467. The van der Waals surface area contributed by atoms with Gasteiger partial charge >= 0.3 is 0 Å². The molecule has 1 saturated heterocycles. The highest BCUT2D eigenvalue weighted by molar-refractivity contribution is 5.94. The predicted molar refractivity (Wildman–Crippen MR) is 73.7 cm³/mol. The number of hydrogen-bond acceptors (Lipinski definition) is 3. The number of likely N-dealkylation sites (N-methyl/N-ethyl adjacent to an activating group) is 1. The minimum atomic E-state index is -0.600. The maximum Gasteiger partial charge on any atom is 0.251 e. The number of halogens is 1. The number of amides is 1. The van der Waals surface area contributed by atoms with Gasteiger partial charge in [0, 0.05) is 18.2 Å². The highest BCUT2D eigenvalue weighted by Gasteiger charge is 2.23. The number of nitriles is 1. The van der Waals surface area contributed by atoms with Crippen molar-refractivity contribution in [2.45, 2.75) is 25.8 Å². The third kappa shape index (κ3) is 3.14. The fourth-order valence-corrected chi connectivity index (χ4v) is 2.61. The van der Waals surface area contributed by atoms with Gasteiger partial charge in [-0.2, -0.15) is 5.26 Å². The lowest BCUT2D eigenvalue weighted by Gasteiger charge is -2.22. The zero-order chi connectivity index (χ0) is 14.5. The largest absolute Gasteiger partial charge is 0.350 e. The lowest BCUT2D eigenvalue weighted by atomic mass is 10.1. The summed E-state index contributed by atoms with van der Waals surface area (Å²) in [7, 11) is 0. The van der Waals surface area contributed by atoms with E-state index in [9.17, 15) is 9.18 Å². The number of likely N-dealkylation sites (tertiary alicyclic amines) is 1. The van der Waals surface area contributed by atoms with Gasteiger partial charge in [-0.15, -0.1) is 0 Å². The van der Waals surface area contributed by atoms with Crippen LogP contribution in [-0.4, -0.2) is 36.5 Å². The van der Waals surface area contributed by atoms with Crippen LogP contribution in [0.25, 0.3) is 0 Å². The van der Waals surface area contributed by atoms with Gasteiger partial charge in [0.15, 0.2) is 0 Å². The Bertz CT molecular complexity index is 538. The fourth-order valence-electron chi connectivity index (χ4n) is 2.61. The van der Waals surface area contributed by atoms with Gasteiger partial charge in [0.05, 0.1) is 5.56 Å². The van der Waals surface area contributed by atoms with Gasteiger partial charge in [-0.05, 0) is 44.1 Å². The second kappa shape index (κ2) is 6.49. The van der Waals surface area contributed by atoms with Crippen LogP contribution in [0.4, 0.5) is 4.39 Å². The van der Waals surface area contributed by atoms with Gasteiger partial charge in [-0.3, -0.25) is 9.69 Å². The molecule has 1 amide bonds. The molecule has 1 atom stereocenters. The summed E-state index contributed by atoms with van der Waals surface area (Å²) in [4.78, 5) is 14.4. The van der Waals surface area contributed by atoms with E-state index in [4.69, 9.17) is 5.26 Å². The lowest BCUT2D eigenvalue weighted by molar-refractivity contribution is 0.0941. The first-order chi connectivity index (χ1) is 9.65. The second-order valence-corrected chi connectivity index (χ2v) is 4.94. The molecule has 1 heterocycles. The monoisotopic (exact) mass is 275 g/mol. The number of benzene rings is 1. The molecule has 1 aromatic carbocycles. The average molecular weight is 275 g/mol. The first kappa shape index (κ1) is 14.5. The van der Waals surface area contributed by atoms with Crippen molar-refractivity contribution in [3.63, 3.8) is 0 Å². The molecule has 0 radical (unpaired) electrons. The third-order valence-corrected chi connectivity index (χ3v) is 3.75. The Morgan fingerprint density at radius 1 is 1.60 bits per heavy atom. The summed E-state index contributed by atoms with van der Waals surface area (Å²) in [5.74, 6) is -0.860. The zero-order valence-electron chi connectivity index (χ0n) is 11.5. The molecule has 0 bridgehead atoms. The average Bonchev–Trinajstić information content (AvgIpc) is 2.92. The maximum absolute atomic E-state index is 13.2. The smallest absolute Gasteiger partial charge is 0.251 e. The van der Waals surface area contributed by atoms with Gasteiger partial charge in [-0.25, -0.2) is 4.39 Å². The summed E-state index contributed by atoms with van der Waals surface area (Å²) in [6.07, 6.45) is 2.24. The molecule has 1 aromatic rings. The molecule has 2 rings (SSSR count). The lowest BCUT2D eigenvalue weighted by Crippen LogP contribution is -2.40. The molecule has 20 heavy (non-hydrogen) atoms. The molecule has 1 fully saturated rings. The molecular formula is C15H18FN3O. The Labute approximate surface area is 118 Å². The molecule has 1 aliphatic rings. The van der Waals surface area contributed by atoms with Crippen molar-refractivity contribution in [2.75, 3.05) is 19.6 Å². The topological polar surface area (TPSA) is 56.1 Å². The summed E-state index contributed by atoms with van der Waals surface area (Å²) in [6.45, 7) is 4.76. The minimum Gasteiger partial charge on any atom is -0.350 e. The number of hydrogen-bond donors (Lipinski definition) is 1. The van der Waals surface area contributed by atoms with E-state index in [1.54, 1.807) is 6.07 Å². The second-order valence-electron chi connectivity index (χ2n) is 4.94. The number of carbonyl (C=O) groups is 1. The number of rotatable bonds is 4. The van der Waals surface area contributed by atoms with Crippen LogP contribution in [0.3, 0.4) is 0 Å². The molecule has 0 aromatic heterocycles. The standard InChI is InChI=1S/C15H18FN3O/c1-2-19-7-3-4-13(19)10-18-15(20)11-5-6-14(16)12(8-11)9-17/h5-6,8,13H,2-4,7,10H2,1H3,(H,18,20). The summed E-state index contributed by atoms with van der Waals surface area (Å²) >= 11 is 0. The van der Waals surface area contributed by atoms with Crippen molar-refractivity contribution in [1.29, 1.82) is 5.26 Å². The predicted octanol–water partition coefficient (Wildman–Crippen LogP) is 1.91. The highest BCUT2D eigenvalue weighted by Crippen LogP contribution is 2.16. The molecule has 0 aliphatic carbocycles. The minimum absolute atomic E-state index is 0.103. The van der Waals surface area contributed by atoms with Crippen molar-refractivity contribution < 1.29 is 9.18 Å². The van der Waals surface area contributed by atoms with Gasteiger partial charge in [0.2, 0.25) is 0 Å². The van der Waals surface area contributed by atoms with E-state index in [0.717, 1.165) is 32.0 Å². The van der Waals surface area contributed by atoms with Crippen LogP contribution in [0.15, 0.2) is 18.2 Å². The van der Waals surface area contributed by atoms with Crippen molar-refractivity contribution in [2.24, 2.45) is 0 Å². The van der Waals surface area contributed by atoms with Crippen LogP contribution in [0.5, 0.6) is 0 Å². The zero-order valence-corrected chi connectivity index (χ0v) is 11.5. The maximum atomic E-state index is 13.2. The molecule has 106 valence electrons. The quantitative estimate of drug-likeness (QED) is 0.913. The van der Waals surface area contributed by atoms with E-state index >= 15 is 0 Å². The first-order valence-electron chi connectivity index (χ1n) is 6.87. The number of nitrogens with zero attached hydrogens (tertiary/aromatic N) is 2. The Balaban J connectivity index is 1.97. The van der Waals surface area contributed by atoms with Crippen LogP contribution in [-0.2, 0) is 0 Å².